The third kappa shape index (κ3) is 3.04. The number of rotatable bonds is 2. The molecule has 2 aromatic rings. The van der Waals surface area contributed by atoms with E-state index in [-0.39, 0.29) is 6.03 Å². The number of hydrogen-bond donors (Lipinski definition) is 3. The SMILES string of the molecule is Cc1ccc(N)c(C)c1NC(=O)Nc1ccccc1. The van der Waals surface area contributed by atoms with Gasteiger partial charge in [0.05, 0.1) is 5.69 Å². The van der Waals surface area contributed by atoms with E-state index in [9.17, 15) is 4.79 Å². The number of aryl methyl sites for hydroxylation is 1. The summed E-state index contributed by atoms with van der Waals surface area (Å²) in [5.41, 5.74) is 9.88. The smallest absolute Gasteiger partial charge is 0.323 e. The van der Waals surface area contributed by atoms with Crippen molar-refractivity contribution >= 4 is 23.1 Å². The maximum absolute atomic E-state index is 11.9. The monoisotopic (exact) mass is 255 g/mol. The Balaban J connectivity index is 2.14. The number of carbonyl (C=O) groups is 1. The van der Waals surface area contributed by atoms with Crippen molar-refractivity contribution in [3.63, 3.8) is 0 Å². The molecule has 0 radical (unpaired) electrons. The molecule has 0 aliphatic heterocycles. The van der Waals surface area contributed by atoms with Crippen molar-refractivity contribution in [2.45, 2.75) is 13.8 Å². The van der Waals surface area contributed by atoms with Crippen molar-refractivity contribution in [1.29, 1.82) is 0 Å². The average molecular weight is 255 g/mol. The first kappa shape index (κ1) is 13.0. The third-order valence-electron chi connectivity index (χ3n) is 2.99. The van der Waals surface area contributed by atoms with Crippen LogP contribution in [0.1, 0.15) is 11.1 Å². The van der Waals surface area contributed by atoms with E-state index in [2.05, 4.69) is 10.6 Å². The van der Waals surface area contributed by atoms with Gasteiger partial charge >= 0.3 is 6.03 Å². The summed E-state index contributed by atoms with van der Waals surface area (Å²) in [5, 5.41) is 5.61. The Labute approximate surface area is 112 Å². The summed E-state index contributed by atoms with van der Waals surface area (Å²) >= 11 is 0. The van der Waals surface area contributed by atoms with Crippen LogP contribution in [0.5, 0.6) is 0 Å². The van der Waals surface area contributed by atoms with Gasteiger partial charge in [0.15, 0.2) is 0 Å². The number of hydrogen-bond acceptors (Lipinski definition) is 2. The molecule has 0 bridgehead atoms. The highest BCUT2D eigenvalue weighted by molar-refractivity contribution is 6.01. The lowest BCUT2D eigenvalue weighted by Gasteiger charge is -2.14. The van der Waals surface area contributed by atoms with Gasteiger partial charge in [-0.05, 0) is 43.2 Å². The largest absolute Gasteiger partial charge is 0.398 e. The molecule has 0 aromatic heterocycles. The van der Waals surface area contributed by atoms with E-state index in [1.54, 1.807) is 0 Å². The highest BCUT2D eigenvalue weighted by Crippen LogP contribution is 2.25. The molecule has 0 spiro atoms. The van der Waals surface area contributed by atoms with Crippen molar-refractivity contribution in [1.82, 2.24) is 0 Å². The first-order chi connectivity index (χ1) is 9.08. The number of nitrogens with two attached hydrogens (primary N) is 1. The molecule has 0 fully saturated rings. The van der Waals surface area contributed by atoms with Crippen LogP contribution in [-0.4, -0.2) is 6.03 Å². The van der Waals surface area contributed by atoms with Gasteiger partial charge in [-0.2, -0.15) is 0 Å². The number of urea groups is 1. The Morgan fingerprint density at radius 3 is 2.37 bits per heavy atom. The second kappa shape index (κ2) is 5.44. The van der Waals surface area contributed by atoms with Gasteiger partial charge in [0.1, 0.15) is 0 Å². The summed E-state index contributed by atoms with van der Waals surface area (Å²) in [7, 11) is 0. The van der Waals surface area contributed by atoms with E-state index in [4.69, 9.17) is 5.73 Å². The van der Waals surface area contributed by atoms with Crippen LogP contribution in [-0.2, 0) is 0 Å². The molecule has 19 heavy (non-hydrogen) atoms. The fourth-order valence-corrected chi connectivity index (χ4v) is 1.85. The zero-order valence-electron chi connectivity index (χ0n) is 11.0. The van der Waals surface area contributed by atoms with Gasteiger partial charge in [0, 0.05) is 11.4 Å². The van der Waals surface area contributed by atoms with E-state index < -0.39 is 0 Å². The molecule has 4 nitrogen and oxygen atoms in total. The first-order valence-electron chi connectivity index (χ1n) is 6.06. The molecule has 0 aliphatic carbocycles. The second-order valence-electron chi connectivity index (χ2n) is 4.42. The lowest BCUT2D eigenvalue weighted by Crippen LogP contribution is -2.20. The quantitative estimate of drug-likeness (QED) is 0.719. The molecule has 4 heteroatoms. The van der Waals surface area contributed by atoms with Gasteiger partial charge in [-0.15, -0.1) is 0 Å². The number of carbonyl (C=O) groups excluding carboxylic acids is 1. The molecule has 0 atom stereocenters. The minimum Gasteiger partial charge on any atom is -0.398 e. The van der Waals surface area contributed by atoms with Crippen LogP contribution in [0.25, 0.3) is 0 Å². The number of benzene rings is 2. The first-order valence-corrected chi connectivity index (χ1v) is 6.06. The fourth-order valence-electron chi connectivity index (χ4n) is 1.85. The summed E-state index contributed by atoms with van der Waals surface area (Å²) < 4.78 is 0. The maximum Gasteiger partial charge on any atom is 0.323 e. The highest BCUT2D eigenvalue weighted by atomic mass is 16.2. The molecular weight excluding hydrogens is 238 g/mol. The second-order valence-corrected chi connectivity index (χ2v) is 4.42. The maximum atomic E-state index is 11.9. The zero-order chi connectivity index (χ0) is 13.8. The average Bonchev–Trinajstić information content (AvgIpc) is 2.40. The van der Waals surface area contributed by atoms with Gasteiger partial charge in [0.2, 0.25) is 0 Å². The van der Waals surface area contributed by atoms with E-state index in [0.29, 0.717) is 5.69 Å². The molecule has 0 unspecified atom stereocenters. The summed E-state index contributed by atoms with van der Waals surface area (Å²) in [6.45, 7) is 3.82. The number of nitrogen functional groups attached to an aromatic ring is 1. The Morgan fingerprint density at radius 2 is 1.68 bits per heavy atom. The van der Waals surface area contributed by atoms with Crippen LogP contribution in [0.2, 0.25) is 0 Å². The number of para-hydroxylation sites is 1. The van der Waals surface area contributed by atoms with Crippen LogP contribution in [0.15, 0.2) is 42.5 Å². The number of anilines is 3. The predicted octanol–water partition coefficient (Wildman–Crippen LogP) is 3.53. The van der Waals surface area contributed by atoms with Crippen molar-refractivity contribution in [3.8, 4) is 0 Å². The molecule has 2 amide bonds. The molecular formula is C15H17N3O. The normalized spacial score (nSPS) is 10.0. The van der Waals surface area contributed by atoms with Crippen molar-refractivity contribution in [2.75, 3.05) is 16.4 Å². The summed E-state index contributed by atoms with van der Waals surface area (Å²) in [6, 6.07) is 12.8. The van der Waals surface area contributed by atoms with Crippen LogP contribution in [0.4, 0.5) is 21.9 Å². The predicted molar refractivity (Wildman–Crippen MR) is 79.4 cm³/mol. The lowest BCUT2D eigenvalue weighted by atomic mass is 10.1. The fraction of sp³-hybridized carbons (Fsp3) is 0.133. The van der Waals surface area contributed by atoms with Gasteiger partial charge in [0.25, 0.3) is 0 Å². The Hall–Kier alpha value is -2.49. The molecule has 4 N–H and O–H groups in total. The molecule has 98 valence electrons. The van der Waals surface area contributed by atoms with Gasteiger partial charge in [-0.25, -0.2) is 4.79 Å². The van der Waals surface area contributed by atoms with E-state index in [1.165, 1.54) is 0 Å². The highest BCUT2D eigenvalue weighted by Gasteiger charge is 2.09. The van der Waals surface area contributed by atoms with Gasteiger partial charge in [-0.1, -0.05) is 24.3 Å². The number of nitrogens with one attached hydrogen (secondary N) is 2. The van der Waals surface area contributed by atoms with Crippen LogP contribution >= 0.6 is 0 Å². The number of amides is 2. The molecule has 2 rings (SSSR count). The Kier molecular flexibility index (Phi) is 3.71. The molecule has 0 saturated carbocycles. The minimum atomic E-state index is -0.275. The van der Waals surface area contributed by atoms with E-state index in [0.717, 1.165) is 22.5 Å². The molecule has 0 heterocycles. The van der Waals surface area contributed by atoms with Gasteiger partial charge in [-0.3, -0.25) is 0 Å². The summed E-state index contributed by atoms with van der Waals surface area (Å²) in [4.78, 5) is 11.9. The van der Waals surface area contributed by atoms with Crippen molar-refractivity contribution < 1.29 is 4.79 Å². The van der Waals surface area contributed by atoms with Crippen molar-refractivity contribution in [3.05, 3.63) is 53.6 Å². The van der Waals surface area contributed by atoms with Crippen LogP contribution in [0.3, 0.4) is 0 Å². The lowest BCUT2D eigenvalue weighted by molar-refractivity contribution is 0.262. The van der Waals surface area contributed by atoms with Crippen LogP contribution < -0.4 is 16.4 Å². The topological polar surface area (TPSA) is 67.1 Å². The van der Waals surface area contributed by atoms with E-state index >= 15 is 0 Å². The Morgan fingerprint density at radius 1 is 1.00 bits per heavy atom. The van der Waals surface area contributed by atoms with Gasteiger partial charge < -0.3 is 16.4 Å². The minimum absolute atomic E-state index is 0.275. The molecule has 2 aromatic carbocycles. The summed E-state index contributed by atoms with van der Waals surface area (Å²) in [6.07, 6.45) is 0. The standard InChI is InChI=1S/C15H17N3O/c1-10-8-9-13(16)11(2)14(10)18-15(19)17-12-6-4-3-5-7-12/h3-9H,16H2,1-2H3,(H2,17,18,19). The summed E-state index contributed by atoms with van der Waals surface area (Å²) in [5.74, 6) is 0. The van der Waals surface area contributed by atoms with E-state index in [1.807, 2.05) is 56.3 Å². The molecule has 0 saturated heterocycles. The zero-order valence-corrected chi connectivity index (χ0v) is 11.0. The van der Waals surface area contributed by atoms with Crippen molar-refractivity contribution in [2.24, 2.45) is 0 Å². The van der Waals surface area contributed by atoms with Crippen LogP contribution in [0, 0.1) is 13.8 Å². The third-order valence-corrected chi connectivity index (χ3v) is 2.99. The Bertz CT molecular complexity index is 594. The molecule has 0 aliphatic rings.